The molecule has 2 aromatic heterocycles. The van der Waals surface area contributed by atoms with Crippen molar-refractivity contribution in [3.05, 3.63) is 108 Å². The maximum Gasteiger partial charge on any atom is 0.263 e. The molecule has 10 nitrogen and oxygen atoms in total. The third-order valence-electron chi connectivity index (χ3n) is 4.89. The average Bonchev–Trinajstić information content (AvgIpc) is 3.39. The highest BCUT2D eigenvalue weighted by Crippen LogP contribution is 2.23. The van der Waals surface area contributed by atoms with Crippen LogP contribution in [0.3, 0.4) is 0 Å². The van der Waals surface area contributed by atoms with Crippen molar-refractivity contribution in [2.24, 2.45) is 16.6 Å². The number of carbonyl (C=O) groups excluding carboxylic acids is 1. The van der Waals surface area contributed by atoms with Gasteiger partial charge in [-0.3, -0.25) is 15.2 Å². The Labute approximate surface area is 195 Å². The van der Waals surface area contributed by atoms with E-state index in [2.05, 4.69) is 25.2 Å². The van der Waals surface area contributed by atoms with Crippen molar-refractivity contribution in [1.82, 2.24) is 14.8 Å². The molecule has 1 amide bonds. The van der Waals surface area contributed by atoms with Crippen molar-refractivity contribution in [3.63, 3.8) is 0 Å². The van der Waals surface area contributed by atoms with Gasteiger partial charge in [0.2, 0.25) is 5.90 Å². The van der Waals surface area contributed by atoms with E-state index in [1.165, 1.54) is 6.20 Å². The fourth-order valence-electron chi connectivity index (χ4n) is 3.23. The lowest BCUT2D eigenvalue weighted by Gasteiger charge is -2.09. The first kappa shape index (κ1) is 22.5. The summed E-state index contributed by atoms with van der Waals surface area (Å²) in [6.07, 6.45) is 4.07. The number of aromatic nitrogens is 3. The van der Waals surface area contributed by atoms with Gasteiger partial charge in [-0.05, 0) is 24.3 Å². The van der Waals surface area contributed by atoms with Gasteiger partial charge in [-0.1, -0.05) is 48.5 Å². The molecule has 34 heavy (non-hydrogen) atoms. The van der Waals surface area contributed by atoms with Crippen molar-refractivity contribution in [2.45, 2.75) is 6.17 Å². The van der Waals surface area contributed by atoms with Crippen LogP contribution in [0.2, 0.25) is 0 Å². The van der Waals surface area contributed by atoms with Gasteiger partial charge in [-0.15, -0.1) is 0 Å². The maximum atomic E-state index is 11.8. The summed E-state index contributed by atoms with van der Waals surface area (Å²) in [5.41, 5.74) is 9.61. The SMILES string of the molecule is N=C(ON)c1ccc(-n2cccn2)nc1.NC1N=C(c2ccccc2)c2ccccc2NC1=O. The minimum Gasteiger partial charge on any atom is -0.391 e. The number of nitrogens with two attached hydrogens (primary N) is 2. The number of para-hydroxylation sites is 1. The third kappa shape index (κ3) is 5.04. The third-order valence-corrected chi connectivity index (χ3v) is 4.89. The van der Waals surface area contributed by atoms with Crippen LogP contribution in [0.25, 0.3) is 5.82 Å². The van der Waals surface area contributed by atoms with Crippen LogP contribution in [-0.2, 0) is 9.63 Å². The van der Waals surface area contributed by atoms with Crippen LogP contribution in [0.5, 0.6) is 0 Å². The summed E-state index contributed by atoms with van der Waals surface area (Å²) in [7, 11) is 0. The molecule has 0 bridgehead atoms. The van der Waals surface area contributed by atoms with Gasteiger partial charge >= 0.3 is 0 Å². The zero-order valence-corrected chi connectivity index (χ0v) is 18.0. The molecule has 1 aliphatic rings. The molecule has 1 atom stereocenters. The maximum absolute atomic E-state index is 11.8. The fraction of sp³-hybridized carbons (Fsp3) is 0.0417. The van der Waals surface area contributed by atoms with E-state index >= 15 is 0 Å². The van der Waals surface area contributed by atoms with E-state index in [4.69, 9.17) is 17.0 Å². The zero-order valence-electron chi connectivity index (χ0n) is 18.0. The van der Waals surface area contributed by atoms with Gasteiger partial charge in [0.25, 0.3) is 5.91 Å². The highest BCUT2D eigenvalue weighted by Gasteiger charge is 2.22. The molecule has 170 valence electrons. The highest BCUT2D eigenvalue weighted by molar-refractivity contribution is 6.19. The molecule has 0 radical (unpaired) electrons. The van der Waals surface area contributed by atoms with E-state index in [9.17, 15) is 4.79 Å². The largest absolute Gasteiger partial charge is 0.391 e. The first-order valence-electron chi connectivity index (χ1n) is 10.3. The first-order valence-corrected chi connectivity index (χ1v) is 10.3. The van der Waals surface area contributed by atoms with E-state index in [-0.39, 0.29) is 11.8 Å². The Balaban J connectivity index is 0.000000166. The van der Waals surface area contributed by atoms with Gasteiger partial charge in [0.1, 0.15) is 0 Å². The van der Waals surface area contributed by atoms with Crippen LogP contribution in [0, 0.1) is 5.41 Å². The number of nitrogens with one attached hydrogen (secondary N) is 2. The van der Waals surface area contributed by atoms with Gasteiger partial charge < -0.3 is 15.9 Å². The topological polar surface area (TPSA) is 157 Å². The number of benzene rings is 2. The minimum atomic E-state index is -0.886. The second-order valence-corrected chi connectivity index (χ2v) is 7.13. The molecule has 1 unspecified atom stereocenters. The van der Waals surface area contributed by atoms with Crippen molar-refractivity contribution in [1.29, 1.82) is 5.41 Å². The van der Waals surface area contributed by atoms with Crippen LogP contribution < -0.4 is 16.9 Å². The summed E-state index contributed by atoms with van der Waals surface area (Å²) in [6.45, 7) is 0. The standard InChI is InChI=1S/C15H13N3O.C9H9N5O/c16-14-15(19)17-12-9-5-4-8-11(12)13(18-14)10-6-2-1-3-7-10;10-9(15-11)7-2-3-8(12-6-7)14-5-1-4-13-14/h1-9,14H,16H2,(H,17,19);1-6,10H,11H2. The van der Waals surface area contributed by atoms with Crippen LogP contribution in [0.1, 0.15) is 16.7 Å². The lowest BCUT2D eigenvalue weighted by molar-refractivity contribution is -0.117. The second-order valence-electron chi connectivity index (χ2n) is 7.13. The van der Waals surface area contributed by atoms with Crippen molar-refractivity contribution in [2.75, 3.05) is 5.32 Å². The Morgan fingerprint density at radius 1 is 1.03 bits per heavy atom. The van der Waals surface area contributed by atoms with Crippen molar-refractivity contribution in [3.8, 4) is 5.82 Å². The normalized spacial score (nSPS) is 14.5. The van der Waals surface area contributed by atoms with Crippen LogP contribution in [0.15, 0.2) is 96.4 Å². The first-order chi connectivity index (χ1) is 16.6. The molecular weight excluding hydrogens is 432 g/mol. The Hall–Kier alpha value is -4.67. The second kappa shape index (κ2) is 10.3. The summed E-state index contributed by atoms with van der Waals surface area (Å²) in [5.74, 6) is 5.13. The number of carbonyl (C=O) groups is 1. The number of hydrogen-bond donors (Lipinski definition) is 4. The van der Waals surface area contributed by atoms with Gasteiger partial charge in [-0.25, -0.2) is 9.67 Å². The number of hydrogen-bond acceptors (Lipinski definition) is 8. The van der Waals surface area contributed by atoms with E-state index < -0.39 is 6.17 Å². The summed E-state index contributed by atoms with van der Waals surface area (Å²) >= 11 is 0. The number of fused-ring (bicyclic) bond motifs is 1. The summed E-state index contributed by atoms with van der Waals surface area (Å²) < 4.78 is 1.62. The predicted molar refractivity (Wildman–Crippen MR) is 129 cm³/mol. The fourth-order valence-corrected chi connectivity index (χ4v) is 3.23. The lowest BCUT2D eigenvalue weighted by Crippen LogP contribution is -2.33. The molecule has 1 aliphatic heterocycles. The van der Waals surface area contributed by atoms with Gasteiger partial charge in [0.05, 0.1) is 17.0 Å². The molecule has 0 saturated heterocycles. The predicted octanol–water partition coefficient (Wildman–Crippen LogP) is 2.24. The number of nitrogens with zero attached hydrogens (tertiary/aromatic N) is 4. The summed E-state index contributed by atoms with van der Waals surface area (Å²) in [6, 6.07) is 22.5. The van der Waals surface area contributed by atoms with E-state index in [1.807, 2.05) is 54.6 Å². The molecule has 4 aromatic rings. The quantitative estimate of drug-likeness (QED) is 0.211. The molecule has 0 aliphatic carbocycles. The van der Waals surface area contributed by atoms with E-state index in [1.54, 1.807) is 35.3 Å². The smallest absolute Gasteiger partial charge is 0.263 e. The molecule has 6 N–H and O–H groups in total. The van der Waals surface area contributed by atoms with E-state index in [0.29, 0.717) is 11.4 Å². The minimum absolute atomic E-state index is 0.116. The number of aliphatic imine (C=N–C) groups is 1. The average molecular weight is 454 g/mol. The Kier molecular flexibility index (Phi) is 6.82. The van der Waals surface area contributed by atoms with Crippen LogP contribution in [-0.4, -0.2) is 38.4 Å². The number of anilines is 1. The molecule has 0 fully saturated rings. The Morgan fingerprint density at radius 3 is 2.47 bits per heavy atom. The lowest BCUT2D eigenvalue weighted by atomic mass is 10.0. The molecule has 0 spiro atoms. The number of pyridine rings is 1. The molecule has 3 heterocycles. The number of benzodiazepines with no additional fused rings is 1. The Morgan fingerprint density at radius 2 is 1.79 bits per heavy atom. The number of amides is 1. The zero-order chi connectivity index (χ0) is 23.9. The number of rotatable bonds is 3. The van der Waals surface area contributed by atoms with Gasteiger partial charge in [0.15, 0.2) is 12.0 Å². The Bertz CT molecular complexity index is 1300. The molecule has 10 heteroatoms. The van der Waals surface area contributed by atoms with Gasteiger partial charge in [-0.2, -0.15) is 11.0 Å². The molecule has 5 rings (SSSR count). The van der Waals surface area contributed by atoms with Crippen LogP contribution in [0.4, 0.5) is 5.69 Å². The van der Waals surface area contributed by atoms with Crippen LogP contribution >= 0.6 is 0 Å². The van der Waals surface area contributed by atoms with Crippen molar-refractivity contribution >= 4 is 23.2 Å². The summed E-state index contributed by atoms with van der Waals surface area (Å²) in [5, 5.41) is 14.1. The van der Waals surface area contributed by atoms with Crippen molar-refractivity contribution < 1.29 is 9.63 Å². The van der Waals surface area contributed by atoms with E-state index in [0.717, 1.165) is 22.5 Å². The summed E-state index contributed by atoms with van der Waals surface area (Å²) in [4.78, 5) is 24.6. The molecule has 2 aromatic carbocycles. The molecular formula is C24H22N8O2. The monoisotopic (exact) mass is 454 g/mol. The highest BCUT2D eigenvalue weighted by atomic mass is 16.6. The van der Waals surface area contributed by atoms with Gasteiger partial charge in [0, 0.05) is 29.7 Å². The molecule has 0 saturated carbocycles.